The summed E-state index contributed by atoms with van der Waals surface area (Å²) in [4.78, 5) is 26.0. The standard InChI is InChI=1S/C25H14ClFO6/c26-15-10-9-12(11-16(15)27)19(20-22(28)13-5-1-3-7-17(13)32-24(20)30)21-23(29)14-6-2-4-8-18(14)33-25(21)31/h1-11,19,28-29H. The Labute approximate surface area is 189 Å². The summed E-state index contributed by atoms with van der Waals surface area (Å²) in [5, 5.41) is 22.3. The normalized spacial score (nSPS) is 11.5. The Kier molecular flexibility index (Phi) is 4.91. The molecule has 0 saturated heterocycles. The smallest absolute Gasteiger partial charge is 0.344 e. The van der Waals surface area contributed by atoms with Crippen LogP contribution in [-0.4, -0.2) is 10.2 Å². The molecule has 0 aliphatic heterocycles. The maximum absolute atomic E-state index is 14.4. The third-order valence-electron chi connectivity index (χ3n) is 5.49. The lowest BCUT2D eigenvalue weighted by atomic mass is 9.84. The highest BCUT2D eigenvalue weighted by molar-refractivity contribution is 6.30. The second-order valence-corrected chi connectivity index (χ2v) is 7.81. The fraction of sp³-hybridized carbons (Fsp3) is 0.0400. The summed E-state index contributed by atoms with van der Waals surface area (Å²) in [5.41, 5.74) is -2.30. The van der Waals surface area contributed by atoms with Gasteiger partial charge < -0.3 is 19.0 Å². The number of benzene rings is 3. The lowest BCUT2D eigenvalue weighted by Gasteiger charge is -2.20. The molecule has 0 fully saturated rings. The van der Waals surface area contributed by atoms with E-state index in [4.69, 9.17) is 20.4 Å². The van der Waals surface area contributed by atoms with Crippen molar-refractivity contribution < 1.29 is 23.4 Å². The molecule has 2 aromatic heterocycles. The van der Waals surface area contributed by atoms with E-state index >= 15 is 0 Å². The Hall–Kier alpha value is -4.10. The zero-order valence-electron chi connectivity index (χ0n) is 16.7. The van der Waals surface area contributed by atoms with Crippen molar-refractivity contribution in [1.29, 1.82) is 0 Å². The van der Waals surface area contributed by atoms with Crippen LogP contribution in [0.25, 0.3) is 21.9 Å². The van der Waals surface area contributed by atoms with Gasteiger partial charge in [0.15, 0.2) is 0 Å². The molecule has 2 N–H and O–H groups in total. The van der Waals surface area contributed by atoms with Gasteiger partial charge in [-0.05, 0) is 42.0 Å². The van der Waals surface area contributed by atoms with E-state index in [1.165, 1.54) is 36.4 Å². The first-order chi connectivity index (χ1) is 15.9. The fourth-order valence-electron chi connectivity index (χ4n) is 3.97. The summed E-state index contributed by atoms with van der Waals surface area (Å²) in [6, 6.07) is 16.2. The average Bonchev–Trinajstić information content (AvgIpc) is 2.80. The van der Waals surface area contributed by atoms with Crippen molar-refractivity contribution in [3.8, 4) is 11.5 Å². The molecule has 164 valence electrons. The molecule has 3 aromatic carbocycles. The monoisotopic (exact) mass is 464 g/mol. The molecule has 0 atom stereocenters. The molecule has 5 rings (SSSR count). The SMILES string of the molecule is O=c1oc2ccccc2c(O)c1C(c1ccc(Cl)c(F)c1)c1c(O)c2ccccc2oc1=O. The zero-order chi connectivity index (χ0) is 23.3. The summed E-state index contributed by atoms with van der Waals surface area (Å²) >= 11 is 5.82. The van der Waals surface area contributed by atoms with E-state index in [0.29, 0.717) is 0 Å². The first-order valence-corrected chi connectivity index (χ1v) is 10.2. The first-order valence-electron chi connectivity index (χ1n) is 9.81. The van der Waals surface area contributed by atoms with Crippen LogP contribution in [0.3, 0.4) is 0 Å². The lowest BCUT2D eigenvalue weighted by molar-refractivity contribution is 0.441. The van der Waals surface area contributed by atoms with E-state index in [0.717, 1.165) is 6.07 Å². The molecule has 0 spiro atoms. The van der Waals surface area contributed by atoms with Gasteiger partial charge in [0.05, 0.1) is 32.8 Å². The van der Waals surface area contributed by atoms with Gasteiger partial charge in [-0.3, -0.25) is 0 Å². The highest BCUT2D eigenvalue weighted by Gasteiger charge is 2.32. The second-order valence-electron chi connectivity index (χ2n) is 7.40. The van der Waals surface area contributed by atoms with Crippen LogP contribution in [0, 0.1) is 5.82 Å². The molecule has 2 heterocycles. The van der Waals surface area contributed by atoms with Crippen molar-refractivity contribution in [2.75, 3.05) is 0 Å². The topological polar surface area (TPSA) is 101 Å². The van der Waals surface area contributed by atoms with E-state index < -0.39 is 34.5 Å². The second kappa shape index (κ2) is 7.79. The summed E-state index contributed by atoms with van der Waals surface area (Å²) in [6.07, 6.45) is 0. The average molecular weight is 465 g/mol. The Bertz CT molecular complexity index is 1570. The quantitative estimate of drug-likeness (QED) is 0.352. The van der Waals surface area contributed by atoms with Crippen LogP contribution in [-0.2, 0) is 0 Å². The molecule has 5 aromatic rings. The van der Waals surface area contributed by atoms with Crippen molar-refractivity contribution in [2.24, 2.45) is 0 Å². The number of para-hydroxylation sites is 2. The molecule has 0 unspecified atom stereocenters. The Balaban J connectivity index is 1.92. The minimum absolute atomic E-state index is 0.0765. The van der Waals surface area contributed by atoms with Gasteiger partial charge >= 0.3 is 11.3 Å². The van der Waals surface area contributed by atoms with Crippen molar-refractivity contribution >= 4 is 33.5 Å². The number of rotatable bonds is 3. The molecular formula is C25H14ClFO6. The Morgan fingerprint density at radius 3 is 1.73 bits per heavy atom. The maximum atomic E-state index is 14.4. The molecule has 8 heteroatoms. The van der Waals surface area contributed by atoms with Gasteiger partial charge in [-0.15, -0.1) is 0 Å². The predicted molar refractivity (Wildman–Crippen MR) is 121 cm³/mol. The number of hydrogen-bond donors (Lipinski definition) is 2. The number of aromatic hydroxyl groups is 2. The highest BCUT2D eigenvalue weighted by atomic mass is 35.5. The van der Waals surface area contributed by atoms with Gasteiger partial charge in [-0.2, -0.15) is 0 Å². The van der Waals surface area contributed by atoms with Gasteiger partial charge in [0, 0.05) is 0 Å². The van der Waals surface area contributed by atoms with Gasteiger partial charge in [-0.1, -0.05) is 41.9 Å². The van der Waals surface area contributed by atoms with Gasteiger partial charge in [0.25, 0.3) is 0 Å². The maximum Gasteiger partial charge on any atom is 0.344 e. The van der Waals surface area contributed by atoms with Crippen molar-refractivity contribution in [1.82, 2.24) is 0 Å². The van der Waals surface area contributed by atoms with Crippen molar-refractivity contribution in [2.45, 2.75) is 5.92 Å². The van der Waals surface area contributed by atoms with Crippen LogP contribution < -0.4 is 11.3 Å². The van der Waals surface area contributed by atoms with Crippen LogP contribution in [0.1, 0.15) is 22.6 Å². The molecule has 0 saturated carbocycles. The molecule has 0 bridgehead atoms. The van der Waals surface area contributed by atoms with E-state index in [9.17, 15) is 24.2 Å². The molecule has 6 nitrogen and oxygen atoms in total. The van der Waals surface area contributed by atoms with Gasteiger partial charge in [-0.25, -0.2) is 14.0 Å². The molecule has 0 radical (unpaired) electrons. The van der Waals surface area contributed by atoms with Crippen LogP contribution in [0.15, 0.2) is 85.2 Å². The van der Waals surface area contributed by atoms with Crippen LogP contribution >= 0.6 is 11.6 Å². The lowest BCUT2D eigenvalue weighted by Crippen LogP contribution is -2.21. The van der Waals surface area contributed by atoms with Gasteiger partial charge in [0.1, 0.15) is 28.5 Å². The van der Waals surface area contributed by atoms with E-state index in [1.807, 2.05) is 0 Å². The van der Waals surface area contributed by atoms with Crippen LogP contribution in [0.5, 0.6) is 11.5 Å². The summed E-state index contributed by atoms with van der Waals surface area (Å²) in [5.74, 6) is -3.16. The van der Waals surface area contributed by atoms with Crippen molar-refractivity contribution in [3.05, 3.63) is 115 Å². The third-order valence-corrected chi connectivity index (χ3v) is 5.80. The van der Waals surface area contributed by atoms with E-state index in [-0.39, 0.29) is 43.7 Å². The zero-order valence-corrected chi connectivity index (χ0v) is 17.5. The van der Waals surface area contributed by atoms with Crippen LogP contribution in [0.4, 0.5) is 4.39 Å². The number of halogens is 2. The van der Waals surface area contributed by atoms with Crippen LogP contribution in [0.2, 0.25) is 5.02 Å². The van der Waals surface area contributed by atoms with Gasteiger partial charge in [0.2, 0.25) is 0 Å². The summed E-state index contributed by atoms with van der Waals surface area (Å²) < 4.78 is 25.2. The van der Waals surface area contributed by atoms with E-state index in [2.05, 4.69) is 0 Å². The first kappa shape index (κ1) is 20.8. The molecule has 0 aliphatic rings. The molecular weight excluding hydrogens is 451 g/mol. The number of hydrogen-bond acceptors (Lipinski definition) is 6. The Morgan fingerprint density at radius 1 is 0.758 bits per heavy atom. The number of fused-ring (bicyclic) bond motifs is 2. The molecule has 0 aliphatic carbocycles. The minimum atomic E-state index is -1.42. The van der Waals surface area contributed by atoms with Crippen molar-refractivity contribution in [3.63, 3.8) is 0 Å². The summed E-state index contributed by atoms with van der Waals surface area (Å²) in [6.45, 7) is 0. The predicted octanol–water partition coefficient (Wildman–Crippen LogP) is 5.28. The summed E-state index contributed by atoms with van der Waals surface area (Å²) in [7, 11) is 0. The third kappa shape index (κ3) is 3.34. The fourth-order valence-corrected chi connectivity index (χ4v) is 4.09. The molecule has 0 amide bonds. The van der Waals surface area contributed by atoms with E-state index in [1.54, 1.807) is 24.3 Å². The minimum Gasteiger partial charge on any atom is -0.507 e. The molecule has 33 heavy (non-hydrogen) atoms. The Morgan fingerprint density at radius 2 is 1.24 bits per heavy atom. The largest absolute Gasteiger partial charge is 0.507 e. The highest BCUT2D eigenvalue weighted by Crippen LogP contribution is 2.42.